The molecule has 2 aromatic rings. The zero-order valence-corrected chi connectivity index (χ0v) is 16.4. The van der Waals surface area contributed by atoms with Gasteiger partial charge in [0.05, 0.1) is 11.1 Å². The highest BCUT2D eigenvalue weighted by Crippen LogP contribution is 2.33. The number of benzene rings is 1. The summed E-state index contributed by atoms with van der Waals surface area (Å²) in [5, 5.41) is 5.92. The second kappa shape index (κ2) is 7.64. The topological polar surface area (TPSA) is 77.2 Å². The molecule has 1 aromatic carbocycles. The molecule has 1 aromatic heterocycles. The molecule has 0 aliphatic carbocycles. The van der Waals surface area contributed by atoms with Crippen LogP contribution >= 0.6 is 0 Å². The van der Waals surface area contributed by atoms with Crippen LogP contribution in [0.4, 0.5) is 5.69 Å². The summed E-state index contributed by atoms with van der Waals surface area (Å²) in [4.78, 5) is 30.7. The second-order valence-corrected chi connectivity index (χ2v) is 7.53. The second-order valence-electron chi connectivity index (χ2n) is 7.53. The Kier molecular flexibility index (Phi) is 5.05. The summed E-state index contributed by atoms with van der Waals surface area (Å²) in [5.74, 6) is -0.184. The van der Waals surface area contributed by atoms with E-state index in [0.717, 1.165) is 47.8 Å². The van der Waals surface area contributed by atoms with E-state index in [2.05, 4.69) is 20.5 Å². The molecule has 1 fully saturated rings. The van der Waals surface area contributed by atoms with Crippen LogP contribution in [0.1, 0.15) is 45.7 Å². The van der Waals surface area contributed by atoms with Crippen molar-refractivity contribution in [3.63, 3.8) is 0 Å². The van der Waals surface area contributed by atoms with Crippen LogP contribution in [0.5, 0.6) is 0 Å². The van der Waals surface area contributed by atoms with E-state index in [-0.39, 0.29) is 11.8 Å². The molecule has 3 heterocycles. The number of aryl methyl sites for hydroxylation is 1. The first-order valence-electron chi connectivity index (χ1n) is 9.87. The number of rotatable bonds is 5. The van der Waals surface area contributed by atoms with Crippen molar-refractivity contribution in [1.29, 1.82) is 0 Å². The van der Waals surface area contributed by atoms with E-state index >= 15 is 0 Å². The van der Waals surface area contributed by atoms with Crippen LogP contribution < -0.4 is 10.6 Å². The molecule has 1 saturated heterocycles. The average molecular weight is 378 g/mol. The number of nitrogens with zero attached hydrogens (tertiary/aromatic N) is 1. The molecule has 6 heteroatoms. The van der Waals surface area contributed by atoms with E-state index in [0.29, 0.717) is 17.7 Å². The van der Waals surface area contributed by atoms with Crippen molar-refractivity contribution in [3.05, 3.63) is 52.3 Å². The fraction of sp³-hybridized carbons (Fsp3) is 0.364. The van der Waals surface area contributed by atoms with E-state index < -0.39 is 0 Å². The third-order valence-corrected chi connectivity index (χ3v) is 5.61. The van der Waals surface area contributed by atoms with Crippen molar-refractivity contribution in [3.8, 4) is 0 Å². The van der Waals surface area contributed by atoms with Gasteiger partial charge in [0.1, 0.15) is 0 Å². The quantitative estimate of drug-likeness (QED) is 0.700. The van der Waals surface area contributed by atoms with E-state index in [4.69, 9.17) is 0 Å². The molecule has 4 rings (SSSR count). The maximum atomic E-state index is 12.7. The summed E-state index contributed by atoms with van der Waals surface area (Å²) < 4.78 is 0. The molecule has 0 saturated carbocycles. The lowest BCUT2D eigenvalue weighted by Gasteiger charge is -2.14. The van der Waals surface area contributed by atoms with Crippen molar-refractivity contribution in [2.75, 3.05) is 31.5 Å². The van der Waals surface area contributed by atoms with Gasteiger partial charge in [-0.3, -0.25) is 9.59 Å². The normalized spacial score (nSPS) is 17.8. The highest BCUT2D eigenvalue weighted by Gasteiger charge is 2.25. The van der Waals surface area contributed by atoms with Crippen molar-refractivity contribution < 1.29 is 9.59 Å². The van der Waals surface area contributed by atoms with Gasteiger partial charge in [0, 0.05) is 35.7 Å². The molecule has 146 valence electrons. The van der Waals surface area contributed by atoms with Crippen LogP contribution in [-0.2, 0) is 4.79 Å². The molecule has 0 spiro atoms. The molecule has 2 amide bonds. The predicted molar refractivity (Wildman–Crippen MR) is 111 cm³/mol. The lowest BCUT2D eigenvalue weighted by atomic mass is 10.0. The number of anilines is 1. The maximum absolute atomic E-state index is 12.7. The first-order chi connectivity index (χ1) is 13.5. The van der Waals surface area contributed by atoms with Crippen LogP contribution in [0.2, 0.25) is 0 Å². The third-order valence-electron chi connectivity index (χ3n) is 5.61. The minimum Gasteiger partial charge on any atom is -0.358 e. The number of aromatic amines is 1. The third kappa shape index (κ3) is 3.47. The molecule has 0 unspecified atom stereocenters. The van der Waals surface area contributed by atoms with Gasteiger partial charge in [0.15, 0.2) is 0 Å². The summed E-state index contributed by atoms with van der Waals surface area (Å²) in [6, 6.07) is 7.63. The van der Waals surface area contributed by atoms with Gasteiger partial charge in [-0.25, -0.2) is 0 Å². The van der Waals surface area contributed by atoms with Gasteiger partial charge in [0.25, 0.3) is 11.8 Å². The van der Waals surface area contributed by atoms with Gasteiger partial charge in [-0.1, -0.05) is 18.2 Å². The number of aromatic nitrogens is 1. The van der Waals surface area contributed by atoms with Gasteiger partial charge >= 0.3 is 0 Å². The van der Waals surface area contributed by atoms with Crippen LogP contribution in [0.15, 0.2) is 24.3 Å². The number of amides is 2. The van der Waals surface area contributed by atoms with Crippen molar-refractivity contribution in [2.24, 2.45) is 0 Å². The van der Waals surface area contributed by atoms with Crippen LogP contribution in [0, 0.1) is 13.8 Å². The number of hydrogen-bond donors (Lipinski definition) is 3. The molecule has 2 aliphatic heterocycles. The summed E-state index contributed by atoms with van der Waals surface area (Å²) in [6.45, 7) is 7.60. The Balaban J connectivity index is 1.53. The first kappa shape index (κ1) is 18.5. The zero-order valence-electron chi connectivity index (χ0n) is 16.4. The van der Waals surface area contributed by atoms with E-state index in [1.807, 2.05) is 44.2 Å². The highest BCUT2D eigenvalue weighted by atomic mass is 16.2. The molecule has 28 heavy (non-hydrogen) atoms. The summed E-state index contributed by atoms with van der Waals surface area (Å²) in [7, 11) is 0. The number of likely N-dealkylation sites (tertiary alicyclic amines) is 1. The lowest BCUT2D eigenvalue weighted by molar-refractivity contribution is -0.110. The van der Waals surface area contributed by atoms with E-state index in [1.54, 1.807) is 0 Å². The van der Waals surface area contributed by atoms with E-state index in [9.17, 15) is 9.59 Å². The number of carbonyl (C=O) groups excluding carboxylic acids is 2. The minimum absolute atomic E-state index is 0.0635. The summed E-state index contributed by atoms with van der Waals surface area (Å²) in [5.41, 5.74) is 5.45. The Labute approximate surface area is 165 Å². The lowest BCUT2D eigenvalue weighted by Crippen LogP contribution is -2.33. The fourth-order valence-electron chi connectivity index (χ4n) is 4.11. The summed E-state index contributed by atoms with van der Waals surface area (Å²) in [6.07, 6.45) is 4.34. The number of carbonyl (C=O) groups is 2. The molecule has 0 radical (unpaired) electrons. The molecule has 2 aliphatic rings. The summed E-state index contributed by atoms with van der Waals surface area (Å²) >= 11 is 0. The molecular formula is C22H26N4O2. The standard InChI is InChI=1S/C22H26N4O2/c1-14-19(13-17-16-7-3-4-8-18(16)25-21(17)27)24-15(2)20(14)22(28)23-9-12-26-10-5-6-11-26/h3-4,7-8,13,24H,5-6,9-12H2,1-2H3,(H,23,28)(H,25,27)/b17-13-. The van der Waals surface area contributed by atoms with Gasteiger partial charge < -0.3 is 20.5 Å². The SMILES string of the molecule is Cc1[nH]c(/C=C2\C(=O)Nc3ccccc32)c(C)c1C(=O)NCCN1CCCC1. The zero-order chi connectivity index (χ0) is 19.7. The Bertz CT molecular complexity index is 951. The van der Waals surface area contributed by atoms with Crippen LogP contribution in [-0.4, -0.2) is 47.9 Å². The molecular weight excluding hydrogens is 352 g/mol. The Morgan fingerprint density at radius 2 is 1.96 bits per heavy atom. The maximum Gasteiger partial charge on any atom is 0.256 e. The number of para-hydroxylation sites is 1. The number of hydrogen-bond acceptors (Lipinski definition) is 3. The molecule has 6 nitrogen and oxygen atoms in total. The van der Waals surface area contributed by atoms with Crippen molar-refractivity contribution in [1.82, 2.24) is 15.2 Å². The Morgan fingerprint density at radius 3 is 2.75 bits per heavy atom. The monoisotopic (exact) mass is 378 g/mol. The van der Waals surface area contributed by atoms with Crippen LogP contribution in [0.3, 0.4) is 0 Å². The Hall–Kier alpha value is -2.86. The van der Waals surface area contributed by atoms with Gasteiger partial charge in [-0.15, -0.1) is 0 Å². The number of H-pyrrole nitrogens is 1. The van der Waals surface area contributed by atoms with Crippen molar-refractivity contribution in [2.45, 2.75) is 26.7 Å². The Morgan fingerprint density at radius 1 is 1.21 bits per heavy atom. The average Bonchev–Trinajstić information content (AvgIpc) is 3.35. The first-order valence-corrected chi connectivity index (χ1v) is 9.87. The minimum atomic E-state index is -0.121. The molecule has 3 N–H and O–H groups in total. The van der Waals surface area contributed by atoms with Crippen LogP contribution in [0.25, 0.3) is 11.6 Å². The highest BCUT2D eigenvalue weighted by molar-refractivity contribution is 6.34. The van der Waals surface area contributed by atoms with E-state index in [1.165, 1.54) is 12.8 Å². The van der Waals surface area contributed by atoms with Crippen molar-refractivity contribution >= 4 is 29.2 Å². The largest absolute Gasteiger partial charge is 0.358 e. The van der Waals surface area contributed by atoms with Gasteiger partial charge in [0.2, 0.25) is 0 Å². The van der Waals surface area contributed by atoms with Gasteiger partial charge in [-0.05, 0) is 57.5 Å². The molecule has 0 bridgehead atoms. The van der Waals surface area contributed by atoms with Gasteiger partial charge in [-0.2, -0.15) is 0 Å². The smallest absolute Gasteiger partial charge is 0.256 e. The molecule has 0 atom stereocenters. The number of nitrogens with one attached hydrogen (secondary N) is 3. The number of fused-ring (bicyclic) bond motifs is 1. The fourth-order valence-corrected chi connectivity index (χ4v) is 4.11. The predicted octanol–water partition coefficient (Wildman–Crippen LogP) is 2.95.